The minimum absolute atomic E-state index is 0.00958. The predicted octanol–water partition coefficient (Wildman–Crippen LogP) is -0.401. The Morgan fingerprint density at radius 1 is 1.67 bits per heavy atom. The fourth-order valence-electron chi connectivity index (χ4n) is 1.40. The van der Waals surface area contributed by atoms with Gasteiger partial charge in [-0.15, -0.1) is 0 Å². The Bertz CT molecular complexity index is 193. The lowest BCUT2D eigenvalue weighted by molar-refractivity contribution is -0.136. The molecule has 1 rings (SSSR count). The zero-order valence-electron chi connectivity index (χ0n) is 9.28. The third kappa shape index (κ3) is 4.59. The summed E-state index contributed by atoms with van der Waals surface area (Å²) in [5.74, 6) is 0.00958. The molecule has 1 atom stereocenters. The average molecular weight is 216 g/mol. The number of rotatable bonds is 6. The second-order valence-electron chi connectivity index (χ2n) is 3.75. The molecule has 1 aliphatic rings. The van der Waals surface area contributed by atoms with Crippen molar-refractivity contribution in [2.24, 2.45) is 5.73 Å². The van der Waals surface area contributed by atoms with E-state index < -0.39 is 0 Å². The van der Waals surface area contributed by atoms with Crippen LogP contribution in [-0.2, 0) is 14.3 Å². The summed E-state index contributed by atoms with van der Waals surface area (Å²) in [6.45, 7) is 2.80. The normalized spacial score (nSPS) is 20.5. The van der Waals surface area contributed by atoms with E-state index in [0.29, 0.717) is 19.7 Å². The van der Waals surface area contributed by atoms with Gasteiger partial charge in [0, 0.05) is 20.2 Å². The van der Waals surface area contributed by atoms with Crippen LogP contribution in [0, 0.1) is 0 Å². The summed E-state index contributed by atoms with van der Waals surface area (Å²) in [6, 6.07) is 0. The highest BCUT2D eigenvalue weighted by atomic mass is 16.5. The van der Waals surface area contributed by atoms with Crippen LogP contribution in [0.25, 0.3) is 0 Å². The topological polar surface area (TPSA) is 64.8 Å². The molecule has 15 heavy (non-hydrogen) atoms. The first kappa shape index (κ1) is 12.4. The van der Waals surface area contributed by atoms with Crippen LogP contribution in [0.5, 0.6) is 0 Å². The molecule has 0 saturated carbocycles. The molecule has 1 fully saturated rings. The smallest absolute Gasteiger partial charge is 0.248 e. The number of nitrogens with two attached hydrogens (primary N) is 1. The van der Waals surface area contributed by atoms with Crippen LogP contribution in [0.3, 0.4) is 0 Å². The van der Waals surface area contributed by atoms with E-state index in [1.807, 2.05) is 0 Å². The second-order valence-corrected chi connectivity index (χ2v) is 3.75. The highest BCUT2D eigenvalue weighted by Crippen LogP contribution is 2.07. The van der Waals surface area contributed by atoms with E-state index in [9.17, 15) is 4.79 Å². The number of carbonyl (C=O) groups excluding carboxylic acids is 1. The Balaban J connectivity index is 2.11. The van der Waals surface area contributed by atoms with E-state index in [2.05, 4.69) is 0 Å². The molecule has 5 heteroatoms. The molecule has 1 saturated heterocycles. The molecule has 0 aromatic heterocycles. The molecule has 0 aromatic carbocycles. The molecule has 5 nitrogen and oxygen atoms in total. The molecule has 1 heterocycles. The van der Waals surface area contributed by atoms with Gasteiger partial charge in [0.25, 0.3) is 0 Å². The van der Waals surface area contributed by atoms with Gasteiger partial charge in [-0.2, -0.15) is 0 Å². The Morgan fingerprint density at radius 2 is 2.47 bits per heavy atom. The standard InChI is InChI=1S/C10H20N2O3/c1-12(5-2-4-11)10(13)8-15-9-3-6-14-7-9/h9H,2-8,11H2,1H3. The summed E-state index contributed by atoms with van der Waals surface area (Å²) in [5, 5.41) is 0. The van der Waals surface area contributed by atoms with Gasteiger partial charge < -0.3 is 20.1 Å². The Morgan fingerprint density at radius 3 is 3.07 bits per heavy atom. The van der Waals surface area contributed by atoms with E-state index in [-0.39, 0.29) is 18.6 Å². The van der Waals surface area contributed by atoms with Crippen molar-refractivity contribution in [3.8, 4) is 0 Å². The number of hydrogen-bond donors (Lipinski definition) is 1. The van der Waals surface area contributed by atoms with E-state index in [0.717, 1.165) is 19.4 Å². The molecule has 88 valence electrons. The molecule has 2 N–H and O–H groups in total. The maximum absolute atomic E-state index is 11.5. The summed E-state index contributed by atoms with van der Waals surface area (Å²) in [7, 11) is 1.77. The average Bonchev–Trinajstić information content (AvgIpc) is 2.75. The molecule has 0 bridgehead atoms. The molecule has 1 unspecified atom stereocenters. The van der Waals surface area contributed by atoms with Crippen LogP contribution in [0.4, 0.5) is 0 Å². The van der Waals surface area contributed by atoms with Gasteiger partial charge in [0.1, 0.15) is 6.61 Å². The highest BCUT2D eigenvalue weighted by molar-refractivity contribution is 5.77. The summed E-state index contributed by atoms with van der Waals surface area (Å²) >= 11 is 0. The van der Waals surface area contributed by atoms with E-state index in [1.54, 1.807) is 11.9 Å². The first-order chi connectivity index (χ1) is 7.24. The van der Waals surface area contributed by atoms with Crippen molar-refractivity contribution < 1.29 is 14.3 Å². The molecule has 0 spiro atoms. The Labute approximate surface area is 90.5 Å². The van der Waals surface area contributed by atoms with Crippen LogP contribution in [0.2, 0.25) is 0 Å². The van der Waals surface area contributed by atoms with Gasteiger partial charge in [-0.3, -0.25) is 4.79 Å². The van der Waals surface area contributed by atoms with Gasteiger partial charge >= 0.3 is 0 Å². The number of likely N-dealkylation sites (N-methyl/N-ethyl adjacent to an activating group) is 1. The van der Waals surface area contributed by atoms with Crippen LogP contribution in [0.1, 0.15) is 12.8 Å². The first-order valence-electron chi connectivity index (χ1n) is 5.37. The molecule has 0 aromatic rings. The zero-order valence-corrected chi connectivity index (χ0v) is 9.28. The Kier molecular flexibility index (Phi) is 5.60. The van der Waals surface area contributed by atoms with Crippen molar-refractivity contribution in [3.63, 3.8) is 0 Å². The highest BCUT2D eigenvalue weighted by Gasteiger charge is 2.18. The van der Waals surface area contributed by atoms with Crippen LogP contribution < -0.4 is 5.73 Å². The second kappa shape index (κ2) is 6.76. The van der Waals surface area contributed by atoms with Crippen molar-refractivity contribution in [1.29, 1.82) is 0 Å². The third-order valence-corrected chi connectivity index (χ3v) is 2.45. The summed E-state index contributed by atoms with van der Waals surface area (Å²) < 4.78 is 10.6. The maximum atomic E-state index is 11.5. The predicted molar refractivity (Wildman–Crippen MR) is 56.5 cm³/mol. The van der Waals surface area contributed by atoms with Crippen LogP contribution in [-0.4, -0.2) is 56.9 Å². The molecule has 1 amide bonds. The van der Waals surface area contributed by atoms with Gasteiger partial charge in [-0.1, -0.05) is 0 Å². The molecule has 0 radical (unpaired) electrons. The molecule has 0 aliphatic carbocycles. The third-order valence-electron chi connectivity index (χ3n) is 2.45. The maximum Gasteiger partial charge on any atom is 0.248 e. The summed E-state index contributed by atoms with van der Waals surface area (Å²) in [4.78, 5) is 13.2. The van der Waals surface area contributed by atoms with Crippen molar-refractivity contribution in [1.82, 2.24) is 4.90 Å². The largest absolute Gasteiger partial charge is 0.379 e. The minimum atomic E-state index is 0.00958. The van der Waals surface area contributed by atoms with E-state index >= 15 is 0 Å². The lowest BCUT2D eigenvalue weighted by Gasteiger charge is -2.17. The monoisotopic (exact) mass is 216 g/mol. The SMILES string of the molecule is CN(CCCN)C(=O)COC1CCOC1. The number of hydrogen-bond acceptors (Lipinski definition) is 4. The van der Waals surface area contributed by atoms with E-state index in [1.165, 1.54) is 0 Å². The van der Waals surface area contributed by atoms with Crippen LogP contribution in [0.15, 0.2) is 0 Å². The van der Waals surface area contributed by atoms with E-state index in [4.69, 9.17) is 15.2 Å². The lowest BCUT2D eigenvalue weighted by Crippen LogP contribution is -2.33. The van der Waals surface area contributed by atoms with Gasteiger partial charge in [-0.05, 0) is 19.4 Å². The number of carbonyl (C=O) groups is 1. The van der Waals surface area contributed by atoms with Gasteiger partial charge in [0.2, 0.25) is 5.91 Å². The van der Waals surface area contributed by atoms with Crippen molar-refractivity contribution in [2.75, 3.05) is 40.0 Å². The lowest BCUT2D eigenvalue weighted by atomic mass is 10.3. The molecule has 1 aliphatic heterocycles. The first-order valence-corrected chi connectivity index (χ1v) is 5.37. The fourth-order valence-corrected chi connectivity index (χ4v) is 1.40. The summed E-state index contributed by atoms with van der Waals surface area (Å²) in [5.41, 5.74) is 5.36. The summed E-state index contributed by atoms with van der Waals surface area (Å²) in [6.07, 6.45) is 1.81. The molecular weight excluding hydrogens is 196 g/mol. The van der Waals surface area contributed by atoms with Gasteiger partial charge in [0.15, 0.2) is 0 Å². The Hall–Kier alpha value is -0.650. The quantitative estimate of drug-likeness (QED) is 0.656. The van der Waals surface area contributed by atoms with Crippen LogP contribution >= 0.6 is 0 Å². The van der Waals surface area contributed by atoms with Crippen molar-refractivity contribution in [3.05, 3.63) is 0 Å². The molecular formula is C10H20N2O3. The minimum Gasteiger partial charge on any atom is -0.379 e. The zero-order chi connectivity index (χ0) is 11.1. The fraction of sp³-hybridized carbons (Fsp3) is 0.900. The number of ether oxygens (including phenoxy) is 2. The van der Waals surface area contributed by atoms with Crippen molar-refractivity contribution in [2.45, 2.75) is 18.9 Å². The van der Waals surface area contributed by atoms with Gasteiger partial charge in [0.05, 0.1) is 12.7 Å². The number of nitrogens with zero attached hydrogens (tertiary/aromatic N) is 1. The number of amides is 1. The van der Waals surface area contributed by atoms with Crippen molar-refractivity contribution >= 4 is 5.91 Å². The van der Waals surface area contributed by atoms with Gasteiger partial charge in [-0.25, -0.2) is 0 Å².